The molecular formula is C10H13Cl2NO2. The first kappa shape index (κ1) is 12.6. The second kappa shape index (κ2) is 6.18. The van der Waals surface area contributed by atoms with E-state index in [9.17, 15) is 0 Å². The maximum absolute atomic E-state index is 5.84. The van der Waals surface area contributed by atoms with Gasteiger partial charge in [-0.3, -0.25) is 0 Å². The summed E-state index contributed by atoms with van der Waals surface area (Å²) in [4.78, 5) is 0. The predicted molar refractivity (Wildman–Crippen MR) is 61.8 cm³/mol. The summed E-state index contributed by atoms with van der Waals surface area (Å²) in [5.41, 5.74) is 5.51. The normalized spacial score (nSPS) is 12.5. The molecule has 0 aliphatic carbocycles. The Kier molecular flexibility index (Phi) is 5.19. The van der Waals surface area contributed by atoms with E-state index in [1.54, 1.807) is 25.3 Å². The van der Waals surface area contributed by atoms with Crippen molar-refractivity contribution in [1.82, 2.24) is 0 Å². The van der Waals surface area contributed by atoms with Crippen molar-refractivity contribution in [3.05, 3.63) is 28.2 Å². The van der Waals surface area contributed by atoms with Gasteiger partial charge in [-0.25, -0.2) is 0 Å². The molecule has 2 N–H and O–H groups in total. The summed E-state index contributed by atoms with van der Waals surface area (Å²) >= 11 is 11.6. The van der Waals surface area contributed by atoms with Crippen LogP contribution in [0.25, 0.3) is 0 Å². The van der Waals surface area contributed by atoms with E-state index in [2.05, 4.69) is 0 Å². The topological polar surface area (TPSA) is 44.5 Å². The van der Waals surface area contributed by atoms with E-state index < -0.39 is 0 Å². The average Bonchev–Trinajstić information content (AvgIpc) is 2.23. The number of hydrogen-bond acceptors (Lipinski definition) is 3. The first-order valence-electron chi connectivity index (χ1n) is 4.48. The molecule has 0 radical (unpaired) electrons. The highest BCUT2D eigenvalue weighted by atomic mass is 35.5. The standard InChI is InChI=1S/C10H13Cl2NO2/c1-14-6-8(5-13)15-7-2-3-9(11)10(12)4-7/h2-4,8H,5-6,13H2,1H3. The van der Waals surface area contributed by atoms with E-state index in [-0.39, 0.29) is 6.10 Å². The number of methoxy groups -OCH3 is 1. The number of halogens is 2. The third-order valence-electron chi connectivity index (χ3n) is 1.81. The maximum atomic E-state index is 5.84. The zero-order valence-electron chi connectivity index (χ0n) is 8.37. The third-order valence-corrected chi connectivity index (χ3v) is 2.55. The molecule has 1 atom stereocenters. The molecule has 5 heteroatoms. The van der Waals surface area contributed by atoms with Gasteiger partial charge in [-0.05, 0) is 12.1 Å². The molecule has 3 nitrogen and oxygen atoms in total. The van der Waals surface area contributed by atoms with Crippen LogP contribution in [0.1, 0.15) is 0 Å². The molecule has 0 aliphatic heterocycles. The molecule has 0 heterocycles. The van der Waals surface area contributed by atoms with E-state index in [1.165, 1.54) is 0 Å². The molecule has 1 rings (SSSR count). The highest BCUT2D eigenvalue weighted by Crippen LogP contribution is 2.26. The molecule has 15 heavy (non-hydrogen) atoms. The zero-order valence-corrected chi connectivity index (χ0v) is 9.89. The summed E-state index contributed by atoms with van der Waals surface area (Å²) in [6.45, 7) is 0.824. The average molecular weight is 250 g/mol. The van der Waals surface area contributed by atoms with Gasteiger partial charge < -0.3 is 15.2 Å². The second-order valence-corrected chi connectivity index (χ2v) is 3.82. The molecule has 0 amide bonds. The van der Waals surface area contributed by atoms with Crippen LogP contribution in [0.3, 0.4) is 0 Å². The number of hydrogen-bond donors (Lipinski definition) is 1. The van der Waals surface area contributed by atoms with E-state index >= 15 is 0 Å². The Morgan fingerprint density at radius 2 is 2.07 bits per heavy atom. The summed E-state index contributed by atoms with van der Waals surface area (Å²) in [5.74, 6) is 0.636. The fourth-order valence-electron chi connectivity index (χ4n) is 1.08. The lowest BCUT2D eigenvalue weighted by atomic mass is 10.3. The molecule has 0 aliphatic rings. The van der Waals surface area contributed by atoms with E-state index in [1.807, 2.05) is 0 Å². The molecule has 84 valence electrons. The van der Waals surface area contributed by atoms with Crippen molar-refractivity contribution in [2.24, 2.45) is 5.73 Å². The van der Waals surface area contributed by atoms with Gasteiger partial charge in [-0.2, -0.15) is 0 Å². The van der Waals surface area contributed by atoms with Crippen LogP contribution in [0.5, 0.6) is 5.75 Å². The van der Waals surface area contributed by atoms with Crippen LogP contribution >= 0.6 is 23.2 Å². The van der Waals surface area contributed by atoms with Gasteiger partial charge in [0, 0.05) is 19.7 Å². The molecule has 0 saturated heterocycles. The summed E-state index contributed by atoms with van der Waals surface area (Å²) in [6.07, 6.45) is -0.174. The number of rotatable bonds is 5. The first-order valence-corrected chi connectivity index (χ1v) is 5.23. The Balaban J connectivity index is 2.66. The molecule has 1 aromatic carbocycles. The van der Waals surface area contributed by atoms with Gasteiger partial charge in [0.05, 0.1) is 16.7 Å². The van der Waals surface area contributed by atoms with Crippen LogP contribution < -0.4 is 10.5 Å². The highest BCUT2D eigenvalue weighted by molar-refractivity contribution is 6.42. The minimum atomic E-state index is -0.174. The Labute approximate surface area is 99.1 Å². The number of benzene rings is 1. The Morgan fingerprint density at radius 3 is 2.60 bits per heavy atom. The number of ether oxygens (including phenoxy) is 2. The van der Waals surface area contributed by atoms with E-state index in [0.717, 1.165) is 0 Å². The van der Waals surface area contributed by atoms with Crippen LogP contribution in [0.4, 0.5) is 0 Å². The van der Waals surface area contributed by atoms with Crippen molar-refractivity contribution in [3.63, 3.8) is 0 Å². The van der Waals surface area contributed by atoms with Crippen molar-refractivity contribution in [2.75, 3.05) is 20.3 Å². The molecule has 0 aromatic heterocycles. The molecule has 0 spiro atoms. The second-order valence-electron chi connectivity index (χ2n) is 3.01. The summed E-state index contributed by atoms with van der Waals surface area (Å²) in [6, 6.07) is 5.08. The van der Waals surface area contributed by atoms with Crippen LogP contribution in [0.2, 0.25) is 10.0 Å². The summed E-state index contributed by atoms with van der Waals surface area (Å²) in [7, 11) is 1.60. The van der Waals surface area contributed by atoms with Gasteiger partial charge in [0.15, 0.2) is 0 Å². The molecule has 0 bridgehead atoms. The van der Waals surface area contributed by atoms with Crippen LogP contribution in [0.15, 0.2) is 18.2 Å². The largest absolute Gasteiger partial charge is 0.487 e. The van der Waals surface area contributed by atoms with Gasteiger partial charge in [-0.1, -0.05) is 23.2 Å². The van der Waals surface area contributed by atoms with E-state index in [0.29, 0.717) is 28.9 Å². The number of nitrogens with two attached hydrogens (primary N) is 1. The van der Waals surface area contributed by atoms with Crippen molar-refractivity contribution in [3.8, 4) is 5.75 Å². The van der Waals surface area contributed by atoms with Crippen molar-refractivity contribution < 1.29 is 9.47 Å². The van der Waals surface area contributed by atoms with Gasteiger partial charge in [0.25, 0.3) is 0 Å². The van der Waals surface area contributed by atoms with Gasteiger partial charge >= 0.3 is 0 Å². The maximum Gasteiger partial charge on any atom is 0.134 e. The van der Waals surface area contributed by atoms with Crippen molar-refractivity contribution >= 4 is 23.2 Å². The quantitative estimate of drug-likeness (QED) is 0.872. The lowest BCUT2D eigenvalue weighted by Gasteiger charge is -2.16. The molecule has 1 aromatic rings. The SMILES string of the molecule is COCC(CN)Oc1ccc(Cl)c(Cl)c1. The van der Waals surface area contributed by atoms with Gasteiger partial charge in [0.2, 0.25) is 0 Å². The fraction of sp³-hybridized carbons (Fsp3) is 0.400. The Hall–Kier alpha value is -0.480. The minimum absolute atomic E-state index is 0.174. The van der Waals surface area contributed by atoms with Gasteiger partial charge in [-0.15, -0.1) is 0 Å². The summed E-state index contributed by atoms with van der Waals surface area (Å²) < 4.78 is 10.5. The highest BCUT2D eigenvalue weighted by Gasteiger charge is 2.08. The first-order chi connectivity index (χ1) is 7.17. The third kappa shape index (κ3) is 3.87. The molecular weight excluding hydrogens is 237 g/mol. The summed E-state index contributed by atoms with van der Waals surface area (Å²) in [5, 5.41) is 0.961. The van der Waals surface area contributed by atoms with Crippen LogP contribution in [0, 0.1) is 0 Å². The zero-order chi connectivity index (χ0) is 11.3. The fourth-order valence-corrected chi connectivity index (χ4v) is 1.37. The molecule has 1 unspecified atom stereocenters. The van der Waals surface area contributed by atoms with E-state index in [4.69, 9.17) is 38.4 Å². The minimum Gasteiger partial charge on any atom is -0.487 e. The monoisotopic (exact) mass is 249 g/mol. The Bertz CT molecular complexity index is 320. The molecule has 0 saturated carbocycles. The van der Waals surface area contributed by atoms with Crippen LogP contribution in [-0.2, 0) is 4.74 Å². The Morgan fingerprint density at radius 1 is 1.33 bits per heavy atom. The van der Waals surface area contributed by atoms with Crippen molar-refractivity contribution in [1.29, 1.82) is 0 Å². The lowest BCUT2D eigenvalue weighted by molar-refractivity contribution is 0.0860. The smallest absolute Gasteiger partial charge is 0.134 e. The van der Waals surface area contributed by atoms with Gasteiger partial charge in [0.1, 0.15) is 11.9 Å². The van der Waals surface area contributed by atoms with Crippen LogP contribution in [-0.4, -0.2) is 26.4 Å². The molecule has 0 fully saturated rings. The lowest BCUT2D eigenvalue weighted by Crippen LogP contribution is -2.31. The van der Waals surface area contributed by atoms with Crippen molar-refractivity contribution in [2.45, 2.75) is 6.10 Å². The predicted octanol–water partition coefficient (Wildman–Crippen LogP) is 2.35.